The molecule has 1 aromatic rings. The lowest BCUT2D eigenvalue weighted by atomic mass is 9.80. The summed E-state index contributed by atoms with van der Waals surface area (Å²) in [5, 5.41) is 4.27. The highest BCUT2D eigenvalue weighted by atomic mass is 35.5. The van der Waals surface area contributed by atoms with Crippen molar-refractivity contribution >= 4 is 11.6 Å². The van der Waals surface area contributed by atoms with Crippen LogP contribution >= 0.6 is 11.6 Å². The molecule has 3 nitrogen and oxygen atoms in total. The molecule has 1 saturated carbocycles. The van der Waals surface area contributed by atoms with Crippen LogP contribution in [0.15, 0.2) is 18.2 Å². The van der Waals surface area contributed by atoms with Crippen LogP contribution in [-0.4, -0.2) is 31.9 Å². The fourth-order valence-corrected chi connectivity index (χ4v) is 3.08. The monoisotopic (exact) mass is 281 g/mol. The van der Waals surface area contributed by atoms with Crippen LogP contribution in [-0.2, 0) is 11.2 Å². The van der Waals surface area contributed by atoms with Gasteiger partial charge in [0.1, 0.15) is 11.9 Å². The van der Waals surface area contributed by atoms with Crippen molar-refractivity contribution in [2.75, 3.05) is 20.2 Å². The molecule has 1 unspecified atom stereocenters. The first-order valence-electron chi connectivity index (χ1n) is 6.92. The quantitative estimate of drug-likeness (QED) is 0.900. The molecule has 1 atom stereocenters. The van der Waals surface area contributed by atoms with Gasteiger partial charge in [0.25, 0.3) is 0 Å². The van der Waals surface area contributed by atoms with E-state index in [2.05, 4.69) is 5.32 Å². The molecule has 0 amide bonds. The van der Waals surface area contributed by atoms with Gasteiger partial charge >= 0.3 is 0 Å². The summed E-state index contributed by atoms with van der Waals surface area (Å²) in [5.41, 5.74) is 1.29. The number of halogens is 1. The van der Waals surface area contributed by atoms with Gasteiger partial charge in [0, 0.05) is 31.6 Å². The molecule has 0 saturated heterocycles. The van der Waals surface area contributed by atoms with Gasteiger partial charge < -0.3 is 14.8 Å². The maximum atomic E-state index is 5.99. The van der Waals surface area contributed by atoms with E-state index in [4.69, 9.17) is 21.1 Å². The first-order chi connectivity index (χ1) is 9.21. The maximum Gasteiger partial charge on any atom is 0.123 e. The summed E-state index contributed by atoms with van der Waals surface area (Å²) in [7, 11) is 1.81. The van der Waals surface area contributed by atoms with E-state index in [-0.39, 0.29) is 11.7 Å². The van der Waals surface area contributed by atoms with E-state index >= 15 is 0 Å². The van der Waals surface area contributed by atoms with Crippen LogP contribution in [0.3, 0.4) is 0 Å². The number of fused-ring (bicyclic) bond motifs is 1. The highest BCUT2D eigenvalue weighted by Gasteiger charge is 2.36. The Kier molecular flexibility index (Phi) is 3.70. The van der Waals surface area contributed by atoms with Crippen molar-refractivity contribution in [2.24, 2.45) is 0 Å². The second-order valence-corrected chi connectivity index (χ2v) is 6.00. The summed E-state index contributed by atoms with van der Waals surface area (Å²) in [4.78, 5) is 0. The third kappa shape index (κ3) is 2.73. The van der Waals surface area contributed by atoms with Crippen molar-refractivity contribution in [3.8, 4) is 5.75 Å². The van der Waals surface area contributed by atoms with Crippen molar-refractivity contribution in [3.05, 3.63) is 28.8 Å². The van der Waals surface area contributed by atoms with Gasteiger partial charge in [-0.2, -0.15) is 0 Å². The van der Waals surface area contributed by atoms with Gasteiger partial charge in [0.05, 0.1) is 5.60 Å². The van der Waals surface area contributed by atoms with Gasteiger partial charge in [-0.05, 0) is 43.0 Å². The highest BCUT2D eigenvalue weighted by molar-refractivity contribution is 6.30. The molecule has 1 heterocycles. The van der Waals surface area contributed by atoms with Crippen molar-refractivity contribution < 1.29 is 9.47 Å². The van der Waals surface area contributed by atoms with Crippen LogP contribution in [0.1, 0.15) is 24.8 Å². The van der Waals surface area contributed by atoms with Crippen LogP contribution in [0.2, 0.25) is 5.02 Å². The van der Waals surface area contributed by atoms with Crippen LogP contribution in [0.25, 0.3) is 0 Å². The Labute approximate surface area is 119 Å². The van der Waals surface area contributed by atoms with Crippen molar-refractivity contribution in [3.63, 3.8) is 0 Å². The normalized spacial score (nSPS) is 23.6. The number of methoxy groups -OCH3 is 1. The zero-order valence-electron chi connectivity index (χ0n) is 11.2. The summed E-state index contributed by atoms with van der Waals surface area (Å²) < 4.78 is 11.5. The standard InChI is InChI=1S/C15H20ClNO2/c1-18-15(5-2-6-15)10-17-9-13-8-11-7-12(16)3-4-14(11)19-13/h3-4,7,13,17H,2,5-6,8-10H2,1H3. The Hall–Kier alpha value is -0.770. The fourth-order valence-electron chi connectivity index (χ4n) is 2.89. The molecule has 1 N–H and O–H groups in total. The topological polar surface area (TPSA) is 30.5 Å². The van der Waals surface area contributed by atoms with E-state index in [1.54, 1.807) is 0 Å². The molecule has 0 radical (unpaired) electrons. The molecule has 2 aliphatic rings. The minimum Gasteiger partial charge on any atom is -0.488 e. The molecule has 1 fully saturated rings. The lowest BCUT2D eigenvalue weighted by Crippen LogP contribution is -2.49. The molecule has 104 valence electrons. The third-order valence-corrected chi connectivity index (χ3v) is 4.52. The number of rotatable bonds is 5. The Balaban J connectivity index is 1.48. The highest BCUT2D eigenvalue weighted by Crippen LogP contribution is 2.34. The zero-order chi connectivity index (χ0) is 13.3. The minimum absolute atomic E-state index is 0.0781. The van der Waals surface area contributed by atoms with E-state index < -0.39 is 0 Å². The molecular formula is C15H20ClNO2. The van der Waals surface area contributed by atoms with E-state index in [0.29, 0.717) is 0 Å². The predicted molar refractivity (Wildman–Crippen MR) is 76.0 cm³/mol. The van der Waals surface area contributed by atoms with Crippen LogP contribution in [0.4, 0.5) is 0 Å². The van der Waals surface area contributed by atoms with Gasteiger partial charge in [-0.1, -0.05) is 11.6 Å². The summed E-state index contributed by atoms with van der Waals surface area (Å²) >= 11 is 5.99. The average molecular weight is 282 g/mol. The van der Waals surface area contributed by atoms with Gasteiger partial charge in [-0.3, -0.25) is 0 Å². The van der Waals surface area contributed by atoms with Gasteiger partial charge in [0.15, 0.2) is 0 Å². The third-order valence-electron chi connectivity index (χ3n) is 4.28. The summed E-state index contributed by atoms with van der Waals surface area (Å²) in [6.45, 7) is 1.78. The lowest BCUT2D eigenvalue weighted by molar-refractivity contribution is -0.0700. The van der Waals surface area contributed by atoms with Crippen LogP contribution in [0.5, 0.6) is 5.75 Å². The van der Waals surface area contributed by atoms with Crippen LogP contribution < -0.4 is 10.1 Å². The number of benzene rings is 1. The SMILES string of the molecule is COC1(CNCC2Cc3cc(Cl)ccc3O2)CCC1. The first kappa shape index (κ1) is 13.2. The molecular weight excluding hydrogens is 262 g/mol. The number of nitrogens with one attached hydrogen (secondary N) is 1. The van der Waals surface area contributed by atoms with Crippen molar-refractivity contribution in [1.82, 2.24) is 5.32 Å². The lowest BCUT2D eigenvalue weighted by Gasteiger charge is -2.40. The molecule has 0 aromatic heterocycles. The Bertz CT molecular complexity index is 454. The largest absolute Gasteiger partial charge is 0.488 e. The van der Waals surface area contributed by atoms with E-state index in [0.717, 1.165) is 43.1 Å². The number of hydrogen-bond donors (Lipinski definition) is 1. The van der Waals surface area contributed by atoms with Gasteiger partial charge in [-0.25, -0.2) is 0 Å². The maximum absolute atomic E-state index is 5.99. The van der Waals surface area contributed by atoms with E-state index in [9.17, 15) is 0 Å². The molecule has 19 heavy (non-hydrogen) atoms. The number of hydrogen-bond acceptors (Lipinski definition) is 3. The molecule has 0 spiro atoms. The van der Waals surface area contributed by atoms with Gasteiger partial charge in [-0.15, -0.1) is 0 Å². The average Bonchev–Trinajstić information content (AvgIpc) is 2.74. The van der Waals surface area contributed by atoms with E-state index in [1.807, 2.05) is 25.3 Å². The zero-order valence-corrected chi connectivity index (χ0v) is 12.0. The summed E-state index contributed by atoms with van der Waals surface area (Å²) in [6.07, 6.45) is 4.75. The predicted octanol–water partition coefficient (Wildman–Crippen LogP) is 2.80. The summed E-state index contributed by atoms with van der Waals surface area (Å²) in [5.74, 6) is 0.973. The first-order valence-corrected chi connectivity index (χ1v) is 7.29. The molecule has 3 rings (SSSR count). The Morgan fingerprint density at radius 2 is 2.32 bits per heavy atom. The molecule has 4 heteroatoms. The summed E-state index contributed by atoms with van der Waals surface area (Å²) in [6, 6.07) is 5.84. The van der Waals surface area contributed by atoms with Crippen molar-refractivity contribution in [2.45, 2.75) is 37.4 Å². The van der Waals surface area contributed by atoms with Crippen molar-refractivity contribution in [1.29, 1.82) is 0 Å². The van der Waals surface area contributed by atoms with Crippen LogP contribution in [0, 0.1) is 0 Å². The Morgan fingerprint density at radius 3 is 3.00 bits per heavy atom. The van der Waals surface area contributed by atoms with Gasteiger partial charge in [0.2, 0.25) is 0 Å². The fraction of sp³-hybridized carbons (Fsp3) is 0.600. The second-order valence-electron chi connectivity index (χ2n) is 5.57. The molecule has 1 aliphatic carbocycles. The molecule has 1 aliphatic heterocycles. The Morgan fingerprint density at radius 1 is 1.47 bits per heavy atom. The second kappa shape index (κ2) is 5.31. The molecule has 0 bridgehead atoms. The number of ether oxygens (including phenoxy) is 2. The smallest absolute Gasteiger partial charge is 0.123 e. The van der Waals surface area contributed by atoms with E-state index in [1.165, 1.54) is 12.0 Å². The molecule has 1 aromatic carbocycles. The minimum atomic E-state index is 0.0781.